The second kappa shape index (κ2) is 34.2. The molecule has 0 fully saturated rings. The molecule has 0 aromatic carbocycles. The number of carboxylic acid groups (broad SMARTS) is 3. The Morgan fingerprint density at radius 2 is 0.613 bits per heavy atom. The van der Waals surface area contributed by atoms with Gasteiger partial charge in [-0.3, -0.25) is 14.4 Å². The molecule has 6 nitrogen and oxygen atoms in total. The van der Waals surface area contributed by atoms with Crippen molar-refractivity contribution < 1.29 is 65.3 Å². The minimum absolute atomic E-state index is 0. The van der Waals surface area contributed by atoms with E-state index in [2.05, 4.69) is 20.8 Å². The second-order valence-electron chi connectivity index (χ2n) is 7.67. The van der Waals surface area contributed by atoms with E-state index in [-0.39, 0.29) is 35.6 Å². The smallest absolute Gasteiger partial charge is 0.303 e. The molecule has 7 heteroatoms. The average Bonchev–Trinajstić information content (AvgIpc) is 2.68. The van der Waals surface area contributed by atoms with Crippen LogP contribution in [0.25, 0.3) is 0 Å². The van der Waals surface area contributed by atoms with Gasteiger partial charge in [0.1, 0.15) is 0 Å². The van der Waals surface area contributed by atoms with E-state index < -0.39 is 17.9 Å². The SMILES string of the molecule is CCCCCCCC(=O)O.CCCCCCCC(=O)O.CCCCCCCC(=O)O.[La]. The zero-order chi connectivity index (χ0) is 23.5. The van der Waals surface area contributed by atoms with Crippen LogP contribution in [0.1, 0.15) is 136 Å². The van der Waals surface area contributed by atoms with Crippen LogP contribution < -0.4 is 0 Å². The van der Waals surface area contributed by atoms with Gasteiger partial charge in [0.05, 0.1) is 0 Å². The van der Waals surface area contributed by atoms with Gasteiger partial charge in [-0.05, 0) is 19.3 Å². The van der Waals surface area contributed by atoms with Crippen LogP contribution in [0.2, 0.25) is 0 Å². The number of carboxylic acids is 3. The maximum absolute atomic E-state index is 10.0. The first-order valence-corrected chi connectivity index (χ1v) is 12.0. The zero-order valence-electron chi connectivity index (χ0n) is 20.4. The molecule has 0 aliphatic heterocycles. The molecule has 183 valence electrons. The fourth-order valence-corrected chi connectivity index (χ4v) is 2.64. The normalized spacial score (nSPS) is 9.39. The molecule has 0 unspecified atom stereocenters. The van der Waals surface area contributed by atoms with Crippen molar-refractivity contribution >= 4 is 17.9 Å². The van der Waals surface area contributed by atoms with Crippen molar-refractivity contribution in [3.8, 4) is 0 Å². The van der Waals surface area contributed by atoms with Gasteiger partial charge >= 0.3 is 17.9 Å². The third kappa shape index (κ3) is 53.1. The third-order valence-corrected chi connectivity index (χ3v) is 4.48. The quantitative estimate of drug-likeness (QED) is 0.149. The van der Waals surface area contributed by atoms with Crippen LogP contribution in [0.4, 0.5) is 0 Å². The number of aliphatic carboxylic acids is 3. The first-order chi connectivity index (χ1) is 14.3. The predicted molar refractivity (Wildman–Crippen MR) is 123 cm³/mol. The first kappa shape index (κ1) is 37.9. The topological polar surface area (TPSA) is 112 Å². The monoisotopic (exact) mass is 571 g/mol. The molecule has 0 amide bonds. The van der Waals surface area contributed by atoms with Gasteiger partial charge in [-0.1, -0.05) is 97.8 Å². The van der Waals surface area contributed by atoms with E-state index in [0.717, 1.165) is 38.5 Å². The van der Waals surface area contributed by atoms with Gasteiger partial charge in [0, 0.05) is 54.9 Å². The molecule has 31 heavy (non-hydrogen) atoms. The Labute approximate surface area is 218 Å². The van der Waals surface area contributed by atoms with Crippen molar-refractivity contribution in [3.05, 3.63) is 0 Å². The van der Waals surface area contributed by atoms with Gasteiger partial charge in [-0.2, -0.15) is 0 Å². The minimum atomic E-state index is -0.670. The summed E-state index contributed by atoms with van der Waals surface area (Å²) >= 11 is 0. The Hall–Kier alpha value is -0.395. The zero-order valence-corrected chi connectivity index (χ0v) is 24.0. The van der Waals surface area contributed by atoms with Crippen LogP contribution in [0.15, 0.2) is 0 Å². The van der Waals surface area contributed by atoms with E-state index in [1.54, 1.807) is 0 Å². The number of unbranched alkanes of at least 4 members (excludes halogenated alkanes) is 12. The maximum atomic E-state index is 10.0. The first-order valence-electron chi connectivity index (χ1n) is 12.0. The standard InChI is InChI=1S/3C8H16O2.La/c3*1-2-3-4-5-6-7-8(9)10;/h3*2-7H2,1H3,(H,9,10);. The Morgan fingerprint density at radius 3 is 0.774 bits per heavy atom. The van der Waals surface area contributed by atoms with Gasteiger partial charge in [0.25, 0.3) is 0 Å². The third-order valence-electron chi connectivity index (χ3n) is 4.48. The molecular weight excluding hydrogens is 523 g/mol. The summed E-state index contributed by atoms with van der Waals surface area (Å²) in [4.78, 5) is 30.1. The van der Waals surface area contributed by atoms with Crippen molar-refractivity contribution in [2.75, 3.05) is 0 Å². The van der Waals surface area contributed by atoms with E-state index in [9.17, 15) is 14.4 Å². The van der Waals surface area contributed by atoms with Crippen LogP contribution in [-0.4, -0.2) is 33.2 Å². The van der Waals surface area contributed by atoms with Crippen LogP contribution in [0.3, 0.4) is 0 Å². The largest absolute Gasteiger partial charge is 0.481 e. The van der Waals surface area contributed by atoms with Gasteiger partial charge in [0.15, 0.2) is 0 Å². The summed E-state index contributed by atoms with van der Waals surface area (Å²) in [6, 6.07) is 0. The molecule has 0 saturated heterocycles. The van der Waals surface area contributed by atoms with E-state index in [1.807, 2.05) is 0 Å². The van der Waals surface area contributed by atoms with Crippen molar-refractivity contribution in [2.45, 2.75) is 136 Å². The van der Waals surface area contributed by atoms with Gasteiger partial charge < -0.3 is 15.3 Å². The Balaban J connectivity index is -0.000000174. The molecule has 3 N–H and O–H groups in total. The summed E-state index contributed by atoms with van der Waals surface area (Å²) in [5, 5.41) is 24.8. The Bertz CT molecular complexity index is 331. The molecule has 0 aliphatic rings. The number of hydrogen-bond acceptors (Lipinski definition) is 3. The molecular formula is C24H48LaO6. The molecule has 0 aromatic heterocycles. The minimum Gasteiger partial charge on any atom is -0.481 e. The molecule has 0 rings (SSSR count). The Morgan fingerprint density at radius 1 is 0.419 bits per heavy atom. The summed E-state index contributed by atoms with van der Waals surface area (Å²) in [7, 11) is 0. The fraction of sp³-hybridized carbons (Fsp3) is 0.875. The van der Waals surface area contributed by atoms with Gasteiger partial charge in [0.2, 0.25) is 0 Å². The van der Waals surface area contributed by atoms with Crippen LogP contribution in [-0.2, 0) is 14.4 Å². The molecule has 0 bridgehead atoms. The fourth-order valence-electron chi connectivity index (χ4n) is 2.64. The van der Waals surface area contributed by atoms with Crippen molar-refractivity contribution in [1.29, 1.82) is 0 Å². The maximum Gasteiger partial charge on any atom is 0.303 e. The van der Waals surface area contributed by atoms with Crippen LogP contribution in [0.5, 0.6) is 0 Å². The predicted octanol–water partition coefficient (Wildman–Crippen LogP) is 7.29. The summed E-state index contributed by atoms with van der Waals surface area (Å²) in [5.41, 5.74) is 0. The number of rotatable bonds is 18. The molecule has 0 aromatic rings. The summed E-state index contributed by atoms with van der Waals surface area (Å²) in [5.74, 6) is -2.01. The van der Waals surface area contributed by atoms with E-state index >= 15 is 0 Å². The van der Waals surface area contributed by atoms with Gasteiger partial charge in [-0.15, -0.1) is 0 Å². The summed E-state index contributed by atoms with van der Waals surface area (Å²) in [6.45, 7) is 6.45. The average molecular weight is 572 g/mol. The molecule has 0 heterocycles. The van der Waals surface area contributed by atoms with Crippen LogP contribution >= 0.6 is 0 Å². The van der Waals surface area contributed by atoms with E-state index in [1.165, 1.54) is 57.8 Å². The molecule has 0 aliphatic carbocycles. The molecule has 1 radical (unpaired) electrons. The number of hydrogen-bond donors (Lipinski definition) is 3. The number of carbonyl (C=O) groups is 3. The van der Waals surface area contributed by atoms with E-state index in [0.29, 0.717) is 19.3 Å². The van der Waals surface area contributed by atoms with Crippen LogP contribution in [0, 0.1) is 35.6 Å². The molecule has 0 spiro atoms. The van der Waals surface area contributed by atoms with E-state index in [4.69, 9.17) is 15.3 Å². The second-order valence-corrected chi connectivity index (χ2v) is 7.67. The molecule has 0 atom stereocenters. The summed E-state index contributed by atoms with van der Waals surface area (Å²) < 4.78 is 0. The van der Waals surface area contributed by atoms with Crippen molar-refractivity contribution in [3.63, 3.8) is 0 Å². The van der Waals surface area contributed by atoms with Crippen molar-refractivity contribution in [2.24, 2.45) is 0 Å². The Kier molecular flexibility index (Phi) is 41.8. The summed E-state index contributed by atoms with van der Waals surface area (Å²) in [6.07, 6.45) is 17.7. The molecule has 0 saturated carbocycles. The van der Waals surface area contributed by atoms with Gasteiger partial charge in [-0.25, -0.2) is 0 Å². The van der Waals surface area contributed by atoms with Crippen molar-refractivity contribution in [1.82, 2.24) is 0 Å².